The van der Waals surface area contributed by atoms with Crippen LogP contribution in [-0.2, 0) is 5.41 Å². The van der Waals surface area contributed by atoms with Crippen molar-refractivity contribution in [1.29, 1.82) is 5.26 Å². The molecule has 1 aromatic carbocycles. The molecule has 0 aliphatic heterocycles. The van der Waals surface area contributed by atoms with Crippen LogP contribution in [0.3, 0.4) is 0 Å². The van der Waals surface area contributed by atoms with Gasteiger partial charge in [0.05, 0.1) is 11.5 Å². The molecular weight excluding hydrogens is 196 g/mol. The minimum absolute atomic E-state index is 0.211. The van der Waals surface area contributed by atoms with Gasteiger partial charge in [-0.05, 0) is 42.3 Å². The molecule has 16 heavy (non-hydrogen) atoms. The Hall–Kier alpha value is -1.88. The van der Waals surface area contributed by atoms with E-state index < -0.39 is 0 Å². The highest BCUT2D eigenvalue weighted by atomic mass is 14.6. The van der Waals surface area contributed by atoms with Gasteiger partial charge in [-0.2, -0.15) is 5.26 Å². The van der Waals surface area contributed by atoms with Gasteiger partial charge in [-0.25, -0.2) is 0 Å². The SMILES string of the molecule is N#CC1(c2ccc3cnccc3c2)CCC1. The molecule has 1 aliphatic rings. The Morgan fingerprint density at radius 3 is 2.75 bits per heavy atom. The van der Waals surface area contributed by atoms with Crippen molar-refractivity contribution >= 4 is 10.8 Å². The predicted octanol–water partition coefficient (Wildman–Crippen LogP) is 3.18. The van der Waals surface area contributed by atoms with Gasteiger partial charge in [0.1, 0.15) is 0 Å². The molecule has 0 unspecified atom stereocenters. The molecule has 0 amide bonds. The largest absolute Gasteiger partial charge is 0.264 e. The van der Waals surface area contributed by atoms with E-state index >= 15 is 0 Å². The van der Waals surface area contributed by atoms with Crippen molar-refractivity contribution in [2.45, 2.75) is 24.7 Å². The van der Waals surface area contributed by atoms with Crippen LogP contribution in [0.2, 0.25) is 0 Å². The summed E-state index contributed by atoms with van der Waals surface area (Å²) >= 11 is 0. The van der Waals surface area contributed by atoms with E-state index in [0.717, 1.165) is 18.2 Å². The number of hydrogen-bond acceptors (Lipinski definition) is 2. The maximum atomic E-state index is 9.30. The number of fused-ring (bicyclic) bond motifs is 1. The normalized spacial score (nSPS) is 17.7. The Labute approximate surface area is 94.5 Å². The molecule has 0 radical (unpaired) electrons. The lowest BCUT2D eigenvalue weighted by atomic mass is 9.65. The molecule has 0 atom stereocenters. The average Bonchev–Trinajstić information content (AvgIpc) is 2.28. The highest BCUT2D eigenvalue weighted by Crippen LogP contribution is 2.43. The zero-order valence-corrected chi connectivity index (χ0v) is 8.98. The third-order valence-electron chi connectivity index (χ3n) is 3.61. The number of aromatic nitrogens is 1. The fourth-order valence-corrected chi connectivity index (χ4v) is 2.38. The molecule has 2 heteroatoms. The maximum Gasteiger partial charge on any atom is 0.0822 e. The first-order chi connectivity index (χ1) is 7.84. The number of rotatable bonds is 1. The summed E-state index contributed by atoms with van der Waals surface area (Å²) in [6.45, 7) is 0. The van der Waals surface area contributed by atoms with E-state index in [0.29, 0.717) is 0 Å². The van der Waals surface area contributed by atoms with Gasteiger partial charge < -0.3 is 0 Å². The molecule has 1 heterocycles. The van der Waals surface area contributed by atoms with E-state index in [1.54, 1.807) is 6.20 Å². The Bertz CT molecular complexity index is 577. The van der Waals surface area contributed by atoms with Gasteiger partial charge in [0.2, 0.25) is 0 Å². The molecule has 0 saturated heterocycles. The minimum atomic E-state index is -0.211. The van der Waals surface area contributed by atoms with Crippen LogP contribution in [0, 0.1) is 11.3 Å². The van der Waals surface area contributed by atoms with Gasteiger partial charge in [0, 0.05) is 17.8 Å². The number of hydrogen-bond donors (Lipinski definition) is 0. The number of benzene rings is 1. The first kappa shape index (κ1) is 9.35. The van der Waals surface area contributed by atoms with Gasteiger partial charge in [-0.3, -0.25) is 4.98 Å². The molecule has 78 valence electrons. The molecule has 0 spiro atoms. The van der Waals surface area contributed by atoms with Gasteiger partial charge in [0.15, 0.2) is 0 Å². The van der Waals surface area contributed by atoms with Crippen LogP contribution < -0.4 is 0 Å². The minimum Gasteiger partial charge on any atom is -0.264 e. The summed E-state index contributed by atoms with van der Waals surface area (Å²) in [6.07, 6.45) is 6.83. The first-order valence-electron chi connectivity index (χ1n) is 5.60. The smallest absolute Gasteiger partial charge is 0.0822 e. The van der Waals surface area contributed by atoms with Crippen molar-refractivity contribution in [3.63, 3.8) is 0 Å². The van der Waals surface area contributed by atoms with Gasteiger partial charge in [-0.1, -0.05) is 12.1 Å². The van der Waals surface area contributed by atoms with E-state index in [-0.39, 0.29) is 5.41 Å². The summed E-state index contributed by atoms with van der Waals surface area (Å²) in [5.74, 6) is 0. The van der Waals surface area contributed by atoms with Crippen molar-refractivity contribution in [1.82, 2.24) is 4.98 Å². The summed E-state index contributed by atoms with van der Waals surface area (Å²) in [5.41, 5.74) is 0.956. The van der Waals surface area contributed by atoms with Crippen LogP contribution in [0.15, 0.2) is 36.7 Å². The number of nitrogens with zero attached hydrogens (tertiary/aromatic N) is 2. The highest BCUT2D eigenvalue weighted by Gasteiger charge is 2.38. The molecule has 3 rings (SSSR count). The zero-order chi connectivity index (χ0) is 11.0. The van der Waals surface area contributed by atoms with Gasteiger partial charge in [0.25, 0.3) is 0 Å². The molecule has 0 N–H and O–H groups in total. The summed E-state index contributed by atoms with van der Waals surface area (Å²) in [6, 6.07) is 10.8. The van der Waals surface area contributed by atoms with E-state index in [1.165, 1.54) is 17.4 Å². The summed E-state index contributed by atoms with van der Waals surface area (Å²) in [4.78, 5) is 4.09. The van der Waals surface area contributed by atoms with E-state index in [1.807, 2.05) is 12.3 Å². The Balaban J connectivity index is 2.16. The third-order valence-corrected chi connectivity index (χ3v) is 3.61. The van der Waals surface area contributed by atoms with Crippen LogP contribution >= 0.6 is 0 Å². The summed E-state index contributed by atoms with van der Waals surface area (Å²) in [7, 11) is 0. The van der Waals surface area contributed by atoms with Crippen molar-refractivity contribution < 1.29 is 0 Å². The number of pyridine rings is 1. The van der Waals surface area contributed by atoms with E-state index in [2.05, 4.69) is 29.3 Å². The summed E-state index contributed by atoms with van der Waals surface area (Å²) < 4.78 is 0. The lowest BCUT2D eigenvalue weighted by Gasteiger charge is -2.35. The third kappa shape index (κ3) is 1.22. The number of nitriles is 1. The lowest BCUT2D eigenvalue weighted by Crippen LogP contribution is -2.32. The van der Waals surface area contributed by atoms with Crippen molar-refractivity contribution in [3.05, 3.63) is 42.2 Å². The molecular formula is C14H12N2. The molecule has 2 nitrogen and oxygen atoms in total. The fraction of sp³-hybridized carbons (Fsp3) is 0.286. The first-order valence-corrected chi connectivity index (χ1v) is 5.60. The zero-order valence-electron chi connectivity index (χ0n) is 8.98. The molecule has 1 aromatic heterocycles. The maximum absolute atomic E-state index is 9.30. The van der Waals surface area contributed by atoms with Gasteiger partial charge in [-0.15, -0.1) is 0 Å². The Morgan fingerprint density at radius 1 is 1.19 bits per heavy atom. The Kier molecular flexibility index (Phi) is 1.94. The highest BCUT2D eigenvalue weighted by molar-refractivity contribution is 5.82. The molecule has 1 aliphatic carbocycles. The average molecular weight is 208 g/mol. The van der Waals surface area contributed by atoms with Crippen molar-refractivity contribution in [2.24, 2.45) is 0 Å². The van der Waals surface area contributed by atoms with Crippen LogP contribution in [0.5, 0.6) is 0 Å². The molecule has 1 fully saturated rings. The summed E-state index contributed by atoms with van der Waals surface area (Å²) in [5, 5.41) is 11.6. The molecule has 1 saturated carbocycles. The van der Waals surface area contributed by atoms with E-state index in [4.69, 9.17) is 0 Å². The van der Waals surface area contributed by atoms with Crippen molar-refractivity contribution in [3.8, 4) is 6.07 Å². The quantitative estimate of drug-likeness (QED) is 0.721. The van der Waals surface area contributed by atoms with E-state index in [9.17, 15) is 5.26 Å². The molecule has 0 bridgehead atoms. The van der Waals surface area contributed by atoms with Crippen LogP contribution in [0.4, 0.5) is 0 Å². The topological polar surface area (TPSA) is 36.7 Å². The van der Waals surface area contributed by atoms with Crippen molar-refractivity contribution in [2.75, 3.05) is 0 Å². The second-order valence-electron chi connectivity index (χ2n) is 4.49. The van der Waals surface area contributed by atoms with Gasteiger partial charge >= 0.3 is 0 Å². The Morgan fingerprint density at radius 2 is 2.06 bits per heavy atom. The lowest BCUT2D eigenvalue weighted by molar-refractivity contribution is 0.324. The monoisotopic (exact) mass is 208 g/mol. The molecule has 2 aromatic rings. The van der Waals surface area contributed by atoms with Crippen LogP contribution in [-0.4, -0.2) is 4.98 Å². The second-order valence-corrected chi connectivity index (χ2v) is 4.49. The van der Waals surface area contributed by atoms with Crippen LogP contribution in [0.25, 0.3) is 10.8 Å². The second kappa shape index (κ2) is 3.31. The predicted molar refractivity (Wildman–Crippen MR) is 62.9 cm³/mol. The fourth-order valence-electron chi connectivity index (χ4n) is 2.38. The standard InChI is InChI=1S/C14H12N2/c15-10-14(5-1-6-14)13-3-2-12-9-16-7-4-11(12)8-13/h2-4,7-9H,1,5-6H2. The van der Waals surface area contributed by atoms with Crippen LogP contribution in [0.1, 0.15) is 24.8 Å².